The number of aryl methyl sites for hydroxylation is 1. The molecule has 0 aliphatic carbocycles. The van der Waals surface area contributed by atoms with Crippen LogP contribution >= 0.6 is 0 Å². The molecular formula is C8H13N3. The Morgan fingerprint density at radius 3 is 2.27 bits per heavy atom. The fourth-order valence-electron chi connectivity index (χ4n) is 0.870. The first-order chi connectivity index (χ1) is 5.24. The maximum absolute atomic E-state index is 5.61. The van der Waals surface area contributed by atoms with Gasteiger partial charge in [-0.05, 0) is 12.5 Å². The Morgan fingerprint density at radius 1 is 1.27 bits per heavy atom. The first-order valence-corrected chi connectivity index (χ1v) is 3.52. The molecule has 0 fully saturated rings. The zero-order chi connectivity index (χ0) is 8.27. The molecule has 1 aromatic carbocycles. The summed E-state index contributed by atoms with van der Waals surface area (Å²) in [5.74, 6) is 5.17. The topological polar surface area (TPSA) is 64.1 Å². The maximum atomic E-state index is 5.61. The second-order valence-electron chi connectivity index (χ2n) is 2.56. The molecule has 0 heterocycles. The van der Waals surface area contributed by atoms with Crippen LogP contribution in [0.5, 0.6) is 0 Å². The maximum Gasteiger partial charge on any atom is 0.0935 e. The van der Waals surface area contributed by atoms with E-state index in [9.17, 15) is 0 Å². The third kappa shape index (κ3) is 2.01. The van der Waals surface area contributed by atoms with Crippen LogP contribution in [0.15, 0.2) is 24.3 Å². The third-order valence-corrected chi connectivity index (χ3v) is 1.62. The van der Waals surface area contributed by atoms with E-state index in [1.807, 2.05) is 31.2 Å². The van der Waals surface area contributed by atoms with Crippen LogP contribution in [0.4, 0.5) is 0 Å². The van der Waals surface area contributed by atoms with Gasteiger partial charge in [-0.2, -0.15) is 0 Å². The van der Waals surface area contributed by atoms with Crippen molar-refractivity contribution in [3.8, 4) is 0 Å². The molecule has 0 aromatic heterocycles. The molecule has 3 heteroatoms. The summed E-state index contributed by atoms with van der Waals surface area (Å²) in [6.07, 6.45) is -0.268. The molecule has 0 amide bonds. The molecule has 0 saturated carbocycles. The summed E-state index contributed by atoms with van der Waals surface area (Å²) in [5.41, 5.74) is 10.3. The van der Waals surface area contributed by atoms with Crippen molar-refractivity contribution < 1.29 is 0 Å². The van der Waals surface area contributed by atoms with Crippen molar-refractivity contribution in [2.45, 2.75) is 13.1 Å². The third-order valence-electron chi connectivity index (χ3n) is 1.62. The average molecular weight is 151 g/mol. The monoisotopic (exact) mass is 151 g/mol. The molecule has 0 bridgehead atoms. The Balaban J connectivity index is 2.81. The van der Waals surface area contributed by atoms with E-state index in [2.05, 4.69) is 5.43 Å². The second-order valence-corrected chi connectivity index (χ2v) is 2.56. The van der Waals surface area contributed by atoms with Gasteiger partial charge in [0.05, 0.1) is 6.17 Å². The highest BCUT2D eigenvalue weighted by molar-refractivity contribution is 5.23. The predicted molar refractivity (Wildman–Crippen MR) is 45.4 cm³/mol. The minimum atomic E-state index is -0.268. The van der Waals surface area contributed by atoms with Crippen molar-refractivity contribution in [3.05, 3.63) is 35.4 Å². The van der Waals surface area contributed by atoms with E-state index in [1.54, 1.807) is 0 Å². The number of nitrogens with one attached hydrogen (secondary N) is 1. The average Bonchev–Trinajstić information content (AvgIpc) is 2.05. The Kier molecular flexibility index (Phi) is 2.59. The number of hydrogen-bond acceptors (Lipinski definition) is 3. The van der Waals surface area contributed by atoms with E-state index in [0.29, 0.717) is 0 Å². The first kappa shape index (κ1) is 8.20. The summed E-state index contributed by atoms with van der Waals surface area (Å²) in [4.78, 5) is 0. The lowest BCUT2D eigenvalue weighted by molar-refractivity contribution is 0.577. The van der Waals surface area contributed by atoms with Crippen LogP contribution < -0.4 is 17.0 Å². The van der Waals surface area contributed by atoms with E-state index < -0.39 is 0 Å². The molecule has 0 aliphatic rings. The highest BCUT2D eigenvalue weighted by Gasteiger charge is 2.00. The van der Waals surface area contributed by atoms with E-state index >= 15 is 0 Å². The largest absolute Gasteiger partial charge is 0.311 e. The van der Waals surface area contributed by atoms with Crippen LogP contribution in [0.25, 0.3) is 0 Å². The summed E-state index contributed by atoms with van der Waals surface area (Å²) < 4.78 is 0. The van der Waals surface area contributed by atoms with E-state index in [-0.39, 0.29) is 6.17 Å². The molecule has 1 rings (SSSR count). The Hall–Kier alpha value is -0.900. The van der Waals surface area contributed by atoms with Gasteiger partial charge in [0, 0.05) is 0 Å². The molecule has 60 valence electrons. The van der Waals surface area contributed by atoms with Gasteiger partial charge in [-0.3, -0.25) is 5.84 Å². The molecule has 11 heavy (non-hydrogen) atoms. The number of benzene rings is 1. The van der Waals surface area contributed by atoms with Gasteiger partial charge in [-0.15, -0.1) is 0 Å². The molecule has 5 N–H and O–H groups in total. The molecule has 1 unspecified atom stereocenters. The van der Waals surface area contributed by atoms with E-state index in [4.69, 9.17) is 11.6 Å². The van der Waals surface area contributed by atoms with Crippen molar-refractivity contribution in [3.63, 3.8) is 0 Å². The fraction of sp³-hybridized carbons (Fsp3) is 0.250. The van der Waals surface area contributed by atoms with Crippen LogP contribution in [0.3, 0.4) is 0 Å². The summed E-state index contributed by atoms with van der Waals surface area (Å²) in [6, 6.07) is 7.93. The van der Waals surface area contributed by atoms with Gasteiger partial charge < -0.3 is 5.73 Å². The van der Waals surface area contributed by atoms with Crippen molar-refractivity contribution in [1.29, 1.82) is 0 Å². The lowest BCUT2D eigenvalue weighted by Crippen LogP contribution is -2.33. The molecule has 1 atom stereocenters. The van der Waals surface area contributed by atoms with Crippen LogP contribution in [-0.2, 0) is 0 Å². The normalized spacial score (nSPS) is 13.0. The predicted octanol–water partition coefficient (Wildman–Crippen LogP) is 0.416. The molecule has 1 aromatic rings. The number of hydrazine groups is 1. The van der Waals surface area contributed by atoms with Gasteiger partial charge in [0.25, 0.3) is 0 Å². The number of hydrogen-bond donors (Lipinski definition) is 3. The number of nitrogens with two attached hydrogens (primary N) is 2. The van der Waals surface area contributed by atoms with Crippen LogP contribution in [0.2, 0.25) is 0 Å². The van der Waals surface area contributed by atoms with E-state index in [1.165, 1.54) is 5.56 Å². The number of rotatable bonds is 2. The lowest BCUT2D eigenvalue weighted by Gasteiger charge is -2.09. The molecular weight excluding hydrogens is 138 g/mol. The van der Waals surface area contributed by atoms with Gasteiger partial charge in [0.2, 0.25) is 0 Å². The lowest BCUT2D eigenvalue weighted by atomic mass is 10.1. The van der Waals surface area contributed by atoms with Crippen molar-refractivity contribution >= 4 is 0 Å². The van der Waals surface area contributed by atoms with Gasteiger partial charge in [-0.25, -0.2) is 5.43 Å². The highest BCUT2D eigenvalue weighted by atomic mass is 15.3. The Morgan fingerprint density at radius 2 is 1.82 bits per heavy atom. The van der Waals surface area contributed by atoms with Gasteiger partial charge in [0.15, 0.2) is 0 Å². The quantitative estimate of drug-likeness (QED) is 0.326. The zero-order valence-corrected chi connectivity index (χ0v) is 6.54. The van der Waals surface area contributed by atoms with E-state index in [0.717, 1.165) is 5.56 Å². The minimum Gasteiger partial charge on any atom is -0.311 e. The molecule has 0 aliphatic heterocycles. The van der Waals surface area contributed by atoms with Gasteiger partial charge in [0.1, 0.15) is 0 Å². The Bertz CT molecular complexity index is 217. The van der Waals surface area contributed by atoms with Gasteiger partial charge >= 0.3 is 0 Å². The SMILES string of the molecule is Cc1ccc(C(N)NN)cc1. The molecule has 0 radical (unpaired) electrons. The first-order valence-electron chi connectivity index (χ1n) is 3.52. The minimum absolute atomic E-state index is 0.268. The van der Waals surface area contributed by atoms with Crippen LogP contribution in [0, 0.1) is 6.92 Å². The zero-order valence-electron chi connectivity index (χ0n) is 6.54. The van der Waals surface area contributed by atoms with Gasteiger partial charge in [-0.1, -0.05) is 29.8 Å². The second kappa shape index (κ2) is 3.48. The highest BCUT2D eigenvalue weighted by Crippen LogP contribution is 2.07. The van der Waals surface area contributed by atoms with Crippen molar-refractivity contribution in [2.75, 3.05) is 0 Å². The smallest absolute Gasteiger partial charge is 0.0935 e. The molecule has 0 spiro atoms. The molecule has 3 nitrogen and oxygen atoms in total. The van der Waals surface area contributed by atoms with Crippen LogP contribution in [0.1, 0.15) is 17.3 Å². The summed E-state index contributed by atoms with van der Waals surface area (Å²) in [7, 11) is 0. The van der Waals surface area contributed by atoms with Crippen molar-refractivity contribution in [1.82, 2.24) is 5.43 Å². The summed E-state index contributed by atoms with van der Waals surface area (Å²) >= 11 is 0. The fourth-order valence-corrected chi connectivity index (χ4v) is 0.870. The molecule has 0 saturated heterocycles. The summed E-state index contributed by atoms with van der Waals surface area (Å²) in [5, 5.41) is 0. The standard InChI is InChI=1S/C8H13N3/c1-6-2-4-7(5-3-6)8(9)11-10/h2-5,8,11H,9-10H2,1H3. The Labute approximate surface area is 66.4 Å². The van der Waals surface area contributed by atoms with Crippen molar-refractivity contribution in [2.24, 2.45) is 11.6 Å². The summed E-state index contributed by atoms with van der Waals surface area (Å²) in [6.45, 7) is 2.03. The van der Waals surface area contributed by atoms with Crippen LogP contribution in [-0.4, -0.2) is 0 Å².